The van der Waals surface area contributed by atoms with E-state index in [0.29, 0.717) is 0 Å². The molecule has 2 N–H and O–H groups in total. The van der Waals surface area contributed by atoms with Crippen molar-refractivity contribution in [3.63, 3.8) is 0 Å². The third kappa shape index (κ3) is 21.5. The van der Waals surface area contributed by atoms with Gasteiger partial charge in [-0.3, -0.25) is 9.11 Å². The number of hydrogen-bond donors (Lipinski definition) is 2. The summed E-state index contributed by atoms with van der Waals surface area (Å²) in [4.78, 5) is 0. The van der Waals surface area contributed by atoms with Crippen molar-refractivity contribution in [1.29, 1.82) is 0 Å². The Morgan fingerprint density at radius 3 is 1.70 bits per heavy atom. The zero-order chi connectivity index (χ0) is 61.8. The van der Waals surface area contributed by atoms with Crippen molar-refractivity contribution in [3.8, 4) is 0 Å². The molecule has 6 atom stereocenters. The molecule has 6 aliphatic rings. The van der Waals surface area contributed by atoms with Crippen molar-refractivity contribution in [2.45, 2.75) is 66.2 Å². The van der Waals surface area contributed by atoms with Crippen LogP contribution >= 0.6 is 0 Å². The first kappa shape index (κ1) is 68.8. The first-order valence-corrected chi connectivity index (χ1v) is 32.4. The molecule has 0 bridgehead atoms. The molecule has 2 aromatic carbocycles. The third-order valence-corrected chi connectivity index (χ3v) is 15.4. The fourth-order valence-electron chi connectivity index (χ4n) is 10.9. The van der Waals surface area contributed by atoms with E-state index in [1.807, 2.05) is 26.0 Å². The highest BCUT2D eigenvalue weighted by Gasteiger charge is 2.38. The number of benzene rings is 2. The van der Waals surface area contributed by atoms with Crippen LogP contribution in [0.3, 0.4) is 0 Å². The minimum absolute atomic E-state index is 0.0435. The van der Waals surface area contributed by atoms with Gasteiger partial charge in [0.2, 0.25) is 0 Å². The molecule has 0 heterocycles. The molecular weight excluding hydrogens is 1140 g/mol. The summed E-state index contributed by atoms with van der Waals surface area (Å²) in [5.41, 5.74) is 12.5. The van der Waals surface area contributed by atoms with Gasteiger partial charge in [-0.05, 0) is 148 Å². The minimum Gasteiger partial charge on any atom is -0.282 e. The summed E-state index contributed by atoms with van der Waals surface area (Å²) >= 11 is 0. The zero-order valence-electron chi connectivity index (χ0n) is 47.7. The van der Waals surface area contributed by atoms with Crippen LogP contribution in [0.15, 0.2) is 287 Å². The number of hydrogen-bond acceptors (Lipinski definition) is 10. The van der Waals surface area contributed by atoms with E-state index in [4.69, 9.17) is 25.3 Å². The molecule has 8 rings (SSSR count). The van der Waals surface area contributed by atoms with Crippen LogP contribution in [0.2, 0.25) is 0 Å². The Morgan fingerprint density at radius 1 is 0.619 bits per heavy atom. The predicted molar refractivity (Wildman–Crippen MR) is 342 cm³/mol. The van der Waals surface area contributed by atoms with Crippen LogP contribution in [0.25, 0.3) is 10.8 Å². The highest BCUT2D eigenvalue weighted by atomic mass is 32.2. The van der Waals surface area contributed by atoms with Gasteiger partial charge in [0.1, 0.15) is 0 Å². The molecule has 0 saturated carbocycles. The van der Waals surface area contributed by atoms with Crippen LogP contribution in [0, 0.1) is 49.4 Å². The maximum Gasteiger partial charge on any atom is 0.425 e. The fraction of sp³-hybridized carbons (Fsp3) is 0.235. The van der Waals surface area contributed by atoms with Crippen molar-refractivity contribution in [1.82, 2.24) is 0 Å². The first-order chi connectivity index (χ1) is 40.2. The second-order valence-corrected chi connectivity index (χ2v) is 22.9. The maximum absolute atomic E-state index is 11.7. The topological polar surface area (TPSA) is 211 Å². The van der Waals surface area contributed by atoms with Crippen molar-refractivity contribution >= 4 is 52.2 Å². The number of rotatable bonds is 16. The molecule has 16 heteroatoms. The van der Waals surface area contributed by atoms with Crippen molar-refractivity contribution < 1.29 is 51.2 Å². The summed E-state index contributed by atoms with van der Waals surface area (Å²) in [5.74, 6) is 0.256. The van der Waals surface area contributed by atoms with Gasteiger partial charge in [-0.2, -0.15) is 16.8 Å². The number of aryl methyl sites for hydroxylation is 2. The van der Waals surface area contributed by atoms with E-state index < -0.39 is 41.5 Å². The van der Waals surface area contributed by atoms with Gasteiger partial charge >= 0.3 is 21.2 Å². The molecule has 0 fully saturated rings. The largest absolute Gasteiger partial charge is 0.425 e. The lowest BCUT2D eigenvalue weighted by Gasteiger charge is -2.39. The smallest absolute Gasteiger partial charge is 0.282 e. The van der Waals surface area contributed by atoms with Crippen LogP contribution in [-0.2, 0) is 41.5 Å². The molecule has 0 aliphatic heterocycles. The molecule has 6 unspecified atom stereocenters. The van der Waals surface area contributed by atoms with Gasteiger partial charge in [-0.1, -0.05) is 228 Å². The van der Waals surface area contributed by atoms with E-state index in [2.05, 4.69) is 185 Å². The van der Waals surface area contributed by atoms with E-state index in [0.717, 1.165) is 71.6 Å². The van der Waals surface area contributed by atoms with Gasteiger partial charge in [0, 0.05) is 23.7 Å². The van der Waals surface area contributed by atoms with Crippen LogP contribution in [0.1, 0.15) is 63.5 Å². The lowest BCUT2D eigenvalue weighted by molar-refractivity contribution is 0.402. The SMILES string of the molecule is C=C/C=C\C=C\C1C(C2=CC=C(C3=C(C4C=CC=CC4)C=CC(/C(C=C)=C/C=C/S(=O)(=O)O)C3C3=CCCC=C3)CC2)=C(/C(C=C)=C/C=C/S(=O)(=O)O)C=CC1C1C=CC=CC1.CC.Cc1ccc(C)c2ccccc12.O=S(=O)=O.O=S(=O)=O. The third-order valence-electron chi connectivity index (χ3n) is 14.4. The van der Waals surface area contributed by atoms with Crippen LogP contribution < -0.4 is 0 Å². The summed E-state index contributed by atoms with van der Waals surface area (Å²) < 4.78 is 116. The molecular formula is C68H74O12S4. The van der Waals surface area contributed by atoms with E-state index >= 15 is 0 Å². The van der Waals surface area contributed by atoms with Gasteiger partial charge in [-0.15, -0.1) is 25.3 Å². The summed E-state index contributed by atoms with van der Waals surface area (Å²) in [5, 5.41) is 4.31. The maximum atomic E-state index is 11.7. The molecule has 0 spiro atoms. The second-order valence-electron chi connectivity index (χ2n) is 19.5. The number of fused-ring (bicyclic) bond motifs is 1. The molecule has 442 valence electrons. The van der Waals surface area contributed by atoms with E-state index in [1.165, 1.54) is 61.9 Å². The van der Waals surface area contributed by atoms with E-state index in [9.17, 15) is 25.9 Å². The van der Waals surface area contributed by atoms with Gasteiger partial charge < -0.3 is 0 Å². The Balaban J connectivity index is 0.000000576. The number of allylic oxidation sites excluding steroid dienone is 37. The summed E-state index contributed by atoms with van der Waals surface area (Å²) in [6, 6.07) is 12.9. The summed E-state index contributed by atoms with van der Waals surface area (Å²) in [7, 11) is -14.9. The quantitative estimate of drug-likeness (QED) is 0.119. The summed E-state index contributed by atoms with van der Waals surface area (Å²) in [6.07, 6.45) is 62.2. The Bertz CT molecular complexity index is 3740. The van der Waals surface area contributed by atoms with Crippen molar-refractivity contribution in [2.75, 3.05) is 0 Å². The van der Waals surface area contributed by atoms with Gasteiger partial charge in [-0.25, -0.2) is 0 Å². The highest BCUT2D eigenvalue weighted by Crippen LogP contribution is 2.50. The Morgan fingerprint density at radius 2 is 1.20 bits per heavy atom. The lowest BCUT2D eigenvalue weighted by Crippen LogP contribution is -2.27. The molecule has 6 aliphatic carbocycles. The fourth-order valence-corrected chi connectivity index (χ4v) is 11.4. The normalized spacial score (nSPS) is 22.2. The molecule has 0 saturated heterocycles. The van der Waals surface area contributed by atoms with Crippen molar-refractivity contribution in [2.24, 2.45) is 35.5 Å². The average Bonchev–Trinajstić information content (AvgIpc) is 1.92. The minimum atomic E-state index is -4.33. The standard InChI is InChI=1S/C54H56O6S2.C12H12.C2H6.2O3S/c1-4-7-8-18-29-51-47(42-21-12-9-13-22-42)34-35-48(40(5-2)27-19-38-61(55,56)57)52(51)45-30-32-46(33-31-45)54-50(43-23-14-10-15-24-43)37-36-49(53(54)44-25-16-11-17-26-44)41(6-3)28-20-39-62(58,59)60;1-9-7-8-10(2)12-6-4-3-5-11(9)12;1-2;2*1-4(2)3/h4-10,12-16,18-21,23,25-30,32,34-39,42-43,47,49,51,53H,1-3,11,17,22,24,31,33H2,(H,55,56,57)(H,58,59,60);3-8H,1-2H3;1-2H3;;/b8-7-,29-18+,38-19+,39-20+,40-27+,41-28+;;;;. The van der Waals surface area contributed by atoms with Crippen LogP contribution in [0.4, 0.5) is 0 Å². The molecule has 0 amide bonds. The van der Waals surface area contributed by atoms with Gasteiger partial charge in [0.05, 0.1) is 10.8 Å². The molecule has 84 heavy (non-hydrogen) atoms. The van der Waals surface area contributed by atoms with E-state index in [-0.39, 0.29) is 35.5 Å². The van der Waals surface area contributed by atoms with Crippen LogP contribution in [-0.4, -0.2) is 51.2 Å². The molecule has 0 radical (unpaired) electrons. The zero-order valence-corrected chi connectivity index (χ0v) is 51.0. The van der Waals surface area contributed by atoms with Crippen LogP contribution in [0.5, 0.6) is 0 Å². The Hall–Kier alpha value is -7.70. The average molecular weight is 1210 g/mol. The van der Waals surface area contributed by atoms with Gasteiger partial charge in [0.25, 0.3) is 20.2 Å². The Kier molecular flexibility index (Phi) is 28.5. The summed E-state index contributed by atoms with van der Waals surface area (Å²) in [6.45, 7) is 20.4. The first-order valence-electron chi connectivity index (χ1n) is 27.4. The van der Waals surface area contributed by atoms with E-state index in [1.54, 1.807) is 30.4 Å². The van der Waals surface area contributed by atoms with Gasteiger partial charge in [0.15, 0.2) is 0 Å². The predicted octanol–water partition coefficient (Wildman–Crippen LogP) is 15.2. The molecule has 12 nitrogen and oxygen atoms in total. The molecule has 0 aromatic heterocycles. The van der Waals surface area contributed by atoms with Crippen molar-refractivity contribution in [3.05, 3.63) is 298 Å². The monoisotopic (exact) mass is 1210 g/mol. The lowest BCUT2D eigenvalue weighted by atomic mass is 9.64. The Labute approximate surface area is 500 Å². The highest BCUT2D eigenvalue weighted by molar-refractivity contribution is 7.89. The molecule has 2 aromatic rings. The second kappa shape index (κ2) is 34.8.